The molecule has 0 spiro atoms. The first kappa shape index (κ1) is 21.3. The molecular weight excluding hydrogens is 404 g/mol. The molecule has 1 saturated carbocycles. The highest BCUT2D eigenvalue weighted by Gasteiger charge is 2.25. The van der Waals surface area contributed by atoms with E-state index < -0.39 is 18.5 Å². The van der Waals surface area contributed by atoms with Gasteiger partial charge in [0.25, 0.3) is 11.8 Å². The monoisotopic (exact) mass is 428 g/mol. The Hall–Kier alpha value is -3.93. The largest absolute Gasteiger partial charge is 0.452 e. The molecule has 0 saturated heterocycles. The van der Waals surface area contributed by atoms with Crippen molar-refractivity contribution in [3.63, 3.8) is 0 Å². The second-order valence-electron chi connectivity index (χ2n) is 7.74. The molecule has 1 aliphatic rings. The Bertz CT molecular complexity index is 1120. The number of hydrogen-bond donors (Lipinski definition) is 2. The molecule has 0 aromatic heterocycles. The summed E-state index contributed by atoms with van der Waals surface area (Å²) in [7, 11) is 0. The fourth-order valence-corrected chi connectivity index (χ4v) is 3.37. The minimum Gasteiger partial charge on any atom is -0.452 e. The van der Waals surface area contributed by atoms with Gasteiger partial charge in [0.2, 0.25) is 0 Å². The predicted molar refractivity (Wildman–Crippen MR) is 122 cm³/mol. The number of anilines is 1. The van der Waals surface area contributed by atoms with Crippen LogP contribution < -0.4 is 10.6 Å². The third kappa shape index (κ3) is 5.60. The lowest BCUT2D eigenvalue weighted by Gasteiger charge is -2.12. The highest BCUT2D eigenvalue weighted by molar-refractivity contribution is 6.04. The fourth-order valence-electron chi connectivity index (χ4n) is 3.37. The lowest BCUT2D eigenvalue weighted by Crippen LogP contribution is -2.28. The number of para-hydroxylation sites is 1. The minimum absolute atomic E-state index is 0.211. The molecule has 0 unspecified atom stereocenters. The fraction of sp³-hybridized carbons (Fsp3) is 0.192. The van der Waals surface area contributed by atoms with Gasteiger partial charge in [-0.3, -0.25) is 9.59 Å². The molecule has 4 rings (SSSR count). The number of carbonyl (C=O) groups excluding carboxylic acids is 3. The van der Waals surface area contributed by atoms with Crippen LogP contribution in [0, 0.1) is 0 Å². The van der Waals surface area contributed by atoms with Gasteiger partial charge in [-0.25, -0.2) is 4.79 Å². The summed E-state index contributed by atoms with van der Waals surface area (Å²) in [4.78, 5) is 37.5. The Morgan fingerprint density at radius 2 is 1.47 bits per heavy atom. The van der Waals surface area contributed by atoms with Crippen LogP contribution >= 0.6 is 0 Å². The molecule has 0 radical (unpaired) electrons. The van der Waals surface area contributed by atoms with Gasteiger partial charge in [-0.05, 0) is 48.6 Å². The van der Waals surface area contributed by atoms with E-state index in [1.165, 1.54) is 0 Å². The van der Waals surface area contributed by atoms with Crippen LogP contribution in [0.3, 0.4) is 0 Å². The van der Waals surface area contributed by atoms with Gasteiger partial charge >= 0.3 is 5.97 Å². The number of rotatable bonds is 8. The summed E-state index contributed by atoms with van der Waals surface area (Å²) >= 11 is 0. The van der Waals surface area contributed by atoms with Crippen LogP contribution in [0.25, 0.3) is 0 Å². The molecule has 3 aromatic rings. The molecule has 0 heterocycles. The Morgan fingerprint density at radius 1 is 0.812 bits per heavy atom. The van der Waals surface area contributed by atoms with Crippen LogP contribution in [0.1, 0.15) is 44.7 Å². The van der Waals surface area contributed by atoms with Crippen LogP contribution in [-0.2, 0) is 16.0 Å². The quantitative estimate of drug-likeness (QED) is 0.532. The zero-order valence-electron chi connectivity index (χ0n) is 17.5. The third-order valence-corrected chi connectivity index (χ3v) is 5.17. The van der Waals surface area contributed by atoms with Crippen LogP contribution in [0.2, 0.25) is 0 Å². The summed E-state index contributed by atoms with van der Waals surface area (Å²) in [6.45, 7) is -0.447. The molecule has 1 aliphatic carbocycles. The van der Waals surface area contributed by atoms with E-state index in [0.29, 0.717) is 23.2 Å². The number of hydrogen-bond acceptors (Lipinski definition) is 4. The zero-order chi connectivity index (χ0) is 22.3. The van der Waals surface area contributed by atoms with Gasteiger partial charge in [0.1, 0.15) is 0 Å². The van der Waals surface area contributed by atoms with Gasteiger partial charge in [-0.2, -0.15) is 0 Å². The van der Waals surface area contributed by atoms with Crippen molar-refractivity contribution < 1.29 is 19.1 Å². The molecule has 0 bridgehead atoms. The minimum atomic E-state index is -0.563. The SMILES string of the molecule is O=C(COC(=O)c1ccccc1Cc1ccccc1)Nc1ccccc1C(=O)NC1CC1. The van der Waals surface area contributed by atoms with Crippen LogP contribution in [0.4, 0.5) is 5.69 Å². The smallest absolute Gasteiger partial charge is 0.338 e. The van der Waals surface area contributed by atoms with E-state index in [1.54, 1.807) is 36.4 Å². The average Bonchev–Trinajstić information content (AvgIpc) is 3.63. The number of carbonyl (C=O) groups is 3. The van der Waals surface area contributed by atoms with E-state index >= 15 is 0 Å². The van der Waals surface area contributed by atoms with Crippen molar-refractivity contribution in [3.05, 3.63) is 101 Å². The van der Waals surface area contributed by atoms with Gasteiger partial charge in [0.15, 0.2) is 6.61 Å². The lowest BCUT2D eigenvalue weighted by molar-refractivity contribution is -0.119. The zero-order valence-corrected chi connectivity index (χ0v) is 17.5. The van der Waals surface area contributed by atoms with E-state index in [2.05, 4.69) is 10.6 Å². The first-order chi connectivity index (χ1) is 15.6. The predicted octanol–water partition coefficient (Wildman–Crippen LogP) is 3.97. The summed E-state index contributed by atoms with van der Waals surface area (Å²) in [6.07, 6.45) is 2.53. The normalized spacial score (nSPS) is 12.6. The van der Waals surface area contributed by atoms with Gasteiger partial charge in [-0.1, -0.05) is 60.7 Å². The Morgan fingerprint density at radius 3 is 2.22 bits per heavy atom. The van der Waals surface area contributed by atoms with Crippen molar-refractivity contribution >= 4 is 23.5 Å². The van der Waals surface area contributed by atoms with Crippen molar-refractivity contribution in [1.29, 1.82) is 0 Å². The lowest BCUT2D eigenvalue weighted by atomic mass is 10.00. The maximum Gasteiger partial charge on any atom is 0.338 e. The van der Waals surface area contributed by atoms with Crippen molar-refractivity contribution in [2.24, 2.45) is 0 Å². The van der Waals surface area contributed by atoms with E-state index in [-0.39, 0.29) is 11.9 Å². The summed E-state index contributed by atoms with van der Waals surface area (Å²) in [5.74, 6) is -1.30. The van der Waals surface area contributed by atoms with Crippen LogP contribution in [0.5, 0.6) is 0 Å². The highest BCUT2D eigenvalue weighted by atomic mass is 16.5. The van der Waals surface area contributed by atoms with Crippen molar-refractivity contribution in [2.45, 2.75) is 25.3 Å². The maximum absolute atomic E-state index is 12.6. The van der Waals surface area contributed by atoms with Gasteiger partial charge in [0.05, 0.1) is 16.8 Å². The van der Waals surface area contributed by atoms with Crippen molar-refractivity contribution in [2.75, 3.05) is 11.9 Å². The van der Waals surface area contributed by atoms with Crippen molar-refractivity contribution in [3.8, 4) is 0 Å². The number of ether oxygens (including phenoxy) is 1. The molecule has 32 heavy (non-hydrogen) atoms. The number of amides is 2. The summed E-state index contributed by atoms with van der Waals surface area (Å²) in [6, 6.07) is 24.0. The number of benzene rings is 3. The Kier molecular flexibility index (Phi) is 6.60. The summed E-state index contributed by atoms with van der Waals surface area (Å²) < 4.78 is 5.26. The molecule has 162 valence electrons. The molecule has 0 aliphatic heterocycles. The van der Waals surface area contributed by atoms with E-state index in [0.717, 1.165) is 24.0 Å². The molecule has 6 heteroatoms. The second-order valence-corrected chi connectivity index (χ2v) is 7.74. The summed E-state index contributed by atoms with van der Waals surface area (Å²) in [5.41, 5.74) is 3.09. The standard InChI is InChI=1S/C26H24N2O4/c29-24(28-23-13-7-6-12-22(23)25(30)27-20-14-15-20)17-32-26(31)21-11-5-4-10-19(21)16-18-8-2-1-3-9-18/h1-13,20H,14-17H2,(H,27,30)(H,28,29). The summed E-state index contributed by atoms with van der Waals surface area (Å²) in [5, 5.41) is 5.58. The van der Waals surface area contributed by atoms with Gasteiger partial charge in [0, 0.05) is 6.04 Å². The highest BCUT2D eigenvalue weighted by Crippen LogP contribution is 2.21. The van der Waals surface area contributed by atoms with Crippen LogP contribution in [0.15, 0.2) is 78.9 Å². The van der Waals surface area contributed by atoms with E-state index in [1.807, 2.05) is 42.5 Å². The molecule has 2 N–H and O–H groups in total. The first-order valence-electron chi connectivity index (χ1n) is 10.6. The first-order valence-corrected chi connectivity index (χ1v) is 10.6. The molecule has 0 atom stereocenters. The second kappa shape index (κ2) is 9.92. The van der Waals surface area contributed by atoms with Crippen LogP contribution in [-0.4, -0.2) is 30.4 Å². The van der Waals surface area contributed by atoms with Gasteiger partial charge in [-0.15, -0.1) is 0 Å². The molecular formula is C26H24N2O4. The Balaban J connectivity index is 1.37. The topological polar surface area (TPSA) is 84.5 Å². The van der Waals surface area contributed by atoms with Crippen molar-refractivity contribution in [1.82, 2.24) is 5.32 Å². The van der Waals surface area contributed by atoms with E-state index in [4.69, 9.17) is 4.74 Å². The third-order valence-electron chi connectivity index (χ3n) is 5.17. The maximum atomic E-state index is 12.6. The molecule has 1 fully saturated rings. The molecule has 6 nitrogen and oxygen atoms in total. The van der Waals surface area contributed by atoms with E-state index in [9.17, 15) is 14.4 Å². The number of esters is 1. The average molecular weight is 428 g/mol. The van der Waals surface area contributed by atoms with Gasteiger partial charge < -0.3 is 15.4 Å². The molecule has 2 amide bonds. The number of nitrogens with one attached hydrogen (secondary N) is 2. The molecule has 3 aromatic carbocycles. The Labute approximate surface area is 186 Å².